The van der Waals surface area contributed by atoms with Crippen LogP contribution in [0.3, 0.4) is 0 Å². The second-order valence-electron chi connectivity index (χ2n) is 12.2. The van der Waals surface area contributed by atoms with Crippen molar-refractivity contribution in [3.63, 3.8) is 0 Å². The van der Waals surface area contributed by atoms with E-state index in [1.54, 1.807) is 0 Å². The minimum absolute atomic E-state index is 0.0975. The molecule has 0 aliphatic heterocycles. The van der Waals surface area contributed by atoms with Gasteiger partial charge in [0.15, 0.2) is 5.84 Å². The standard InChI is InChI=1S/C46H37N5/c47-42(36-15-6-2-7-16-36)30-43(50-31-32-20-22-34(23-21-32)33-12-4-1-5-13-33)37-24-26-38(27-25-37)44-40-19-11-10-14-35(40)28-29-41(44)46(49)51-45(48)39-17-8-3-9-18-39/h1-30H,31,47H2,(H3,48,49,51)/b42-30-,50-43+. The zero-order valence-electron chi connectivity index (χ0n) is 28.1. The summed E-state index contributed by atoms with van der Waals surface area (Å²) in [5, 5.41) is 11.1. The van der Waals surface area contributed by atoms with E-state index in [-0.39, 0.29) is 5.84 Å². The van der Waals surface area contributed by atoms with E-state index in [9.17, 15) is 0 Å². The molecule has 0 aliphatic rings. The highest BCUT2D eigenvalue weighted by molar-refractivity contribution is 6.16. The van der Waals surface area contributed by atoms with Crippen LogP contribution in [0, 0.1) is 5.41 Å². The number of nitrogens with two attached hydrogens (primary N) is 2. The number of nitrogens with zero attached hydrogens (tertiary/aromatic N) is 2. The van der Waals surface area contributed by atoms with Crippen molar-refractivity contribution in [3.8, 4) is 22.3 Å². The number of rotatable bonds is 9. The molecule has 0 unspecified atom stereocenters. The fraction of sp³-hybridized carbons (Fsp3) is 0.0217. The van der Waals surface area contributed by atoms with Gasteiger partial charge in [0.1, 0.15) is 5.84 Å². The van der Waals surface area contributed by atoms with Gasteiger partial charge in [-0.2, -0.15) is 0 Å². The van der Waals surface area contributed by atoms with E-state index >= 15 is 0 Å². The van der Waals surface area contributed by atoms with Gasteiger partial charge in [0, 0.05) is 22.4 Å². The molecular weight excluding hydrogens is 623 g/mol. The van der Waals surface area contributed by atoms with Crippen molar-refractivity contribution in [1.29, 1.82) is 5.41 Å². The second kappa shape index (κ2) is 15.1. The fourth-order valence-corrected chi connectivity index (χ4v) is 6.13. The molecule has 0 amide bonds. The van der Waals surface area contributed by atoms with Crippen LogP contribution in [0.4, 0.5) is 0 Å². The Hall–Kier alpha value is -6.85. The predicted octanol–water partition coefficient (Wildman–Crippen LogP) is 9.89. The Morgan fingerprint density at radius 3 is 1.78 bits per heavy atom. The molecule has 0 heterocycles. The quantitative estimate of drug-likeness (QED) is 0.106. The van der Waals surface area contributed by atoms with Gasteiger partial charge in [-0.1, -0.05) is 170 Å². The minimum atomic E-state index is 0.0975. The van der Waals surface area contributed by atoms with Crippen LogP contribution in [0.5, 0.6) is 0 Å². The topological polar surface area (TPSA) is 101 Å². The molecule has 246 valence electrons. The Morgan fingerprint density at radius 2 is 1.10 bits per heavy atom. The Bertz CT molecular complexity index is 2380. The summed E-state index contributed by atoms with van der Waals surface area (Å²) in [5.41, 5.74) is 23.1. The lowest BCUT2D eigenvalue weighted by molar-refractivity contribution is 1.07. The molecule has 0 saturated carbocycles. The third-order valence-electron chi connectivity index (χ3n) is 8.85. The van der Waals surface area contributed by atoms with Gasteiger partial charge in [0.05, 0.1) is 12.3 Å². The van der Waals surface area contributed by atoms with Crippen molar-refractivity contribution in [1.82, 2.24) is 0 Å². The van der Waals surface area contributed by atoms with Crippen molar-refractivity contribution < 1.29 is 0 Å². The first-order valence-corrected chi connectivity index (χ1v) is 16.9. The maximum absolute atomic E-state index is 9.03. The lowest BCUT2D eigenvalue weighted by atomic mass is 9.91. The molecule has 0 fully saturated rings. The van der Waals surface area contributed by atoms with Gasteiger partial charge in [-0.25, -0.2) is 4.99 Å². The number of fused-ring (bicyclic) bond motifs is 1. The van der Waals surface area contributed by atoms with Crippen LogP contribution in [0.25, 0.3) is 38.7 Å². The Morgan fingerprint density at radius 1 is 0.529 bits per heavy atom. The van der Waals surface area contributed by atoms with Gasteiger partial charge in [-0.05, 0) is 56.3 Å². The SMILES string of the molecule is N=C(/N=C(\N)c1ccccc1)c1ccc2ccccc2c1-c1ccc(C(/C=C(\N)c2ccccc2)=N/Cc2ccc(-c3ccccc3)cc2)cc1. The van der Waals surface area contributed by atoms with E-state index in [1.165, 1.54) is 11.1 Å². The van der Waals surface area contributed by atoms with Crippen LogP contribution >= 0.6 is 0 Å². The van der Waals surface area contributed by atoms with E-state index in [2.05, 4.69) is 89.9 Å². The molecule has 5 N–H and O–H groups in total. The minimum Gasteiger partial charge on any atom is -0.398 e. The molecule has 0 spiro atoms. The summed E-state index contributed by atoms with van der Waals surface area (Å²) >= 11 is 0. The smallest absolute Gasteiger partial charge is 0.154 e. The highest BCUT2D eigenvalue weighted by Gasteiger charge is 2.15. The summed E-state index contributed by atoms with van der Waals surface area (Å²) in [7, 11) is 0. The van der Waals surface area contributed by atoms with Crippen molar-refractivity contribution in [3.05, 3.63) is 210 Å². The largest absolute Gasteiger partial charge is 0.398 e. The molecule has 51 heavy (non-hydrogen) atoms. The first-order valence-electron chi connectivity index (χ1n) is 16.9. The van der Waals surface area contributed by atoms with Gasteiger partial charge in [-0.3, -0.25) is 10.4 Å². The summed E-state index contributed by atoms with van der Waals surface area (Å²) in [6.45, 7) is 0.496. The fourth-order valence-electron chi connectivity index (χ4n) is 6.13. The van der Waals surface area contributed by atoms with Crippen LogP contribution in [0.1, 0.15) is 27.8 Å². The van der Waals surface area contributed by atoms with Gasteiger partial charge < -0.3 is 11.5 Å². The molecule has 0 aromatic heterocycles. The number of nitrogens with one attached hydrogen (secondary N) is 1. The van der Waals surface area contributed by atoms with Crippen LogP contribution in [0.2, 0.25) is 0 Å². The Labute approximate surface area is 298 Å². The molecule has 5 nitrogen and oxygen atoms in total. The zero-order valence-corrected chi connectivity index (χ0v) is 28.1. The Balaban J connectivity index is 1.25. The van der Waals surface area contributed by atoms with Crippen LogP contribution in [-0.4, -0.2) is 17.4 Å². The lowest BCUT2D eigenvalue weighted by Gasteiger charge is -2.14. The zero-order chi connectivity index (χ0) is 35.0. The first kappa shape index (κ1) is 32.7. The van der Waals surface area contributed by atoms with E-state index < -0.39 is 0 Å². The molecule has 7 aromatic carbocycles. The summed E-state index contributed by atoms with van der Waals surface area (Å²) in [6.07, 6.45) is 1.95. The number of aliphatic imine (C=N–C) groups is 2. The molecule has 0 atom stereocenters. The van der Waals surface area contributed by atoms with Crippen molar-refractivity contribution in [2.75, 3.05) is 0 Å². The van der Waals surface area contributed by atoms with Crippen LogP contribution in [-0.2, 0) is 6.54 Å². The number of amidine groups is 2. The average molecular weight is 660 g/mol. The highest BCUT2D eigenvalue weighted by Crippen LogP contribution is 2.33. The first-order chi connectivity index (χ1) is 25.0. The lowest BCUT2D eigenvalue weighted by Crippen LogP contribution is -2.16. The summed E-state index contributed by atoms with van der Waals surface area (Å²) in [6, 6.07) is 58.8. The molecule has 7 aromatic rings. The molecule has 0 saturated heterocycles. The van der Waals surface area contributed by atoms with E-state index in [0.29, 0.717) is 23.6 Å². The van der Waals surface area contributed by atoms with Crippen LogP contribution < -0.4 is 11.5 Å². The van der Waals surface area contributed by atoms with E-state index in [1.807, 2.05) is 97.1 Å². The normalized spacial score (nSPS) is 12.2. The number of benzene rings is 7. The van der Waals surface area contributed by atoms with Gasteiger partial charge in [0.2, 0.25) is 0 Å². The molecule has 0 aliphatic carbocycles. The van der Waals surface area contributed by atoms with Gasteiger partial charge in [-0.15, -0.1) is 0 Å². The number of hydrogen-bond donors (Lipinski definition) is 3. The number of allylic oxidation sites excluding steroid dienone is 1. The van der Waals surface area contributed by atoms with Crippen molar-refractivity contribution in [2.45, 2.75) is 6.54 Å². The summed E-state index contributed by atoms with van der Waals surface area (Å²) < 4.78 is 0. The van der Waals surface area contributed by atoms with Crippen LogP contribution in [0.15, 0.2) is 192 Å². The molecule has 5 heteroatoms. The average Bonchev–Trinajstić information content (AvgIpc) is 3.20. The summed E-state index contributed by atoms with van der Waals surface area (Å²) in [5.74, 6) is 0.397. The van der Waals surface area contributed by atoms with Gasteiger partial charge in [0.25, 0.3) is 0 Å². The third kappa shape index (κ3) is 7.58. The van der Waals surface area contributed by atoms with Gasteiger partial charge >= 0.3 is 0 Å². The maximum Gasteiger partial charge on any atom is 0.154 e. The number of hydrogen-bond acceptors (Lipinski definition) is 3. The monoisotopic (exact) mass is 659 g/mol. The van der Waals surface area contributed by atoms with E-state index in [0.717, 1.165) is 49.9 Å². The van der Waals surface area contributed by atoms with E-state index in [4.69, 9.17) is 21.9 Å². The maximum atomic E-state index is 9.03. The molecule has 7 rings (SSSR count). The Kier molecular flexibility index (Phi) is 9.71. The predicted molar refractivity (Wildman–Crippen MR) is 214 cm³/mol. The summed E-state index contributed by atoms with van der Waals surface area (Å²) in [4.78, 5) is 9.62. The molecule has 0 bridgehead atoms. The second-order valence-corrected chi connectivity index (χ2v) is 12.2. The van der Waals surface area contributed by atoms with Crippen molar-refractivity contribution >= 4 is 33.9 Å². The molecular formula is C46H37N5. The molecule has 0 radical (unpaired) electrons. The van der Waals surface area contributed by atoms with Crippen molar-refractivity contribution in [2.24, 2.45) is 21.5 Å². The highest BCUT2D eigenvalue weighted by atomic mass is 14.9. The third-order valence-corrected chi connectivity index (χ3v) is 8.85.